The molecule has 2 aromatic carbocycles. The molecule has 1 aliphatic carbocycles. The lowest BCUT2D eigenvalue weighted by molar-refractivity contribution is -0.141. The van der Waals surface area contributed by atoms with E-state index >= 15 is 0 Å². The summed E-state index contributed by atoms with van der Waals surface area (Å²) in [7, 11) is 0. The molecule has 0 aromatic heterocycles. The molecule has 2 heterocycles. The summed E-state index contributed by atoms with van der Waals surface area (Å²) >= 11 is 0. The Balaban J connectivity index is 1.64. The molecule has 5 rings (SSSR count). The number of aliphatic hydroxyl groups excluding tert-OH is 1. The van der Waals surface area contributed by atoms with Crippen LogP contribution < -0.4 is 4.74 Å². The molecule has 2 unspecified atom stereocenters. The van der Waals surface area contributed by atoms with Gasteiger partial charge in [0.25, 0.3) is 11.7 Å². The summed E-state index contributed by atoms with van der Waals surface area (Å²) in [5.74, 6) is -0.601. The third-order valence-corrected chi connectivity index (χ3v) is 6.80. The Morgan fingerprint density at radius 1 is 1.06 bits per heavy atom. The van der Waals surface area contributed by atoms with Gasteiger partial charge in [0, 0.05) is 18.0 Å². The zero-order valence-electron chi connectivity index (χ0n) is 18.1. The summed E-state index contributed by atoms with van der Waals surface area (Å²) in [5.41, 5.74) is 2.16. The van der Waals surface area contributed by atoms with E-state index in [0.29, 0.717) is 11.1 Å². The van der Waals surface area contributed by atoms with Crippen LogP contribution in [0.5, 0.6) is 11.5 Å². The van der Waals surface area contributed by atoms with Crippen molar-refractivity contribution in [2.45, 2.75) is 63.6 Å². The van der Waals surface area contributed by atoms with Crippen LogP contribution >= 0.6 is 0 Å². The van der Waals surface area contributed by atoms with Crippen LogP contribution in [0.3, 0.4) is 0 Å². The summed E-state index contributed by atoms with van der Waals surface area (Å²) in [6, 6.07) is 11.2. The van der Waals surface area contributed by atoms with Crippen LogP contribution in [0.4, 0.5) is 0 Å². The molecule has 2 aliphatic heterocycles. The summed E-state index contributed by atoms with van der Waals surface area (Å²) in [6.07, 6.45) is 5.57. The Labute approximate surface area is 187 Å². The fraction of sp³-hybridized carbons (Fsp3) is 0.385. The molecule has 2 atom stereocenters. The lowest BCUT2D eigenvalue weighted by Crippen LogP contribution is -2.40. The zero-order chi connectivity index (χ0) is 22.4. The second-order valence-corrected chi connectivity index (χ2v) is 9.05. The number of benzene rings is 2. The van der Waals surface area contributed by atoms with E-state index in [4.69, 9.17) is 4.74 Å². The van der Waals surface area contributed by atoms with Crippen molar-refractivity contribution in [3.63, 3.8) is 0 Å². The van der Waals surface area contributed by atoms with Gasteiger partial charge < -0.3 is 19.8 Å². The number of ether oxygens (including phenoxy) is 1. The standard InChI is InChI=1S/C26H27NO5/c1-15-12-18-13-17(10-11-21(18)32-15)24(29)22-23(16-6-5-9-20(28)14-16)27(26(31)25(22)30)19-7-3-2-4-8-19/h5-6,9-11,13-15,19,23,28-29H,2-4,7-8,12H2,1H3/b24-22-. The lowest BCUT2D eigenvalue weighted by atomic mass is 9.90. The largest absolute Gasteiger partial charge is 0.508 e. The lowest BCUT2D eigenvalue weighted by Gasteiger charge is -2.35. The van der Waals surface area contributed by atoms with Crippen LogP contribution in [-0.4, -0.2) is 38.9 Å². The Morgan fingerprint density at radius 3 is 2.59 bits per heavy atom. The van der Waals surface area contributed by atoms with Crippen LogP contribution in [0.2, 0.25) is 0 Å². The number of aromatic hydroxyl groups is 1. The van der Waals surface area contributed by atoms with Crippen molar-refractivity contribution < 1.29 is 24.5 Å². The van der Waals surface area contributed by atoms with E-state index in [9.17, 15) is 19.8 Å². The maximum absolute atomic E-state index is 13.2. The highest BCUT2D eigenvalue weighted by Gasteiger charge is 2.49. The number of hydrogen-bond donors (Lipinski definition) is 2. The number of amides is 1. The number of phenolic OH excluding ortho intramolecular Hbond substituents is 1. The highest BCUT2D eigenvalue weighted by molar-refractivity contribution is 6.46. The number of carbonyl (C=O) groups is 2. The van der Waals surface area contributed by atoms with E-state index < -0.39 is 17.7 Å². The Bertz CT molecular complexity index is 1110. The van der Waals surface area contributed by atoms with Crippen LogP contribution in [0.25, 0.3) is 5.76 Å². The number of Topliss-reactive ketones (excluding diaryl/α,β-unsaturated/α-hetero) is 1. The first-order valence-electron chi connectivity index (χ1n) is 11.3. The van der Waals surface area contributed by atoms with Gasteiger partial charge in [0.15, 0.2) is 0 Å². The second kappa shape index (κ2) is 8.01. The number of rotatable bonds is 3. The Hall–Kier alpha value is -3.28. The summed E-state index contributed by atoms with van der Waals surface area (Å²) < 4.78 is 5.75. The summed E-state index contributed by atoms with van der Waals surface area (Å²) in [5, 5.41) is 21.4. The molecule has 0 radical (unpaired) electrons. The quantitative estimate of drug-likeness (QED) is 0.424. The first kappa shape index (κ1) is 20.6. The van der Waals surface area contributed by atoms with Crippen molar-refractivity contribution in [2.24, 2.45) is 0 Å². The average Bonchev–Trinajstić information content (AvgIpc) is 3.29. The summed E-state index contributed by atoms with van der Waals surface area (Å²) in [6.45, 7) is 1.98. The van der Waals surface area contributed by atoms with E-state index in [-0.39, 0.29) is 29.2 Å². The minimum Gasteiger partial charge on any atom is -0.508 e. The molecule has 32 heavy (non-hydrogen) atoms. The van der Waals surface area contributed by atoms with Crippen molar-refractivity contribution in [1.82, 2.24) is 4.90 Å². The molecule has 0 spiro atoms. The van der Waals surface area contributed by atoms with Crippen LogP contribution in [0.15, 0.2) is 48.0 Å². The number of ketones is 1. The highest BCUT2D eigenvalue weighted by Crippen LogP contribution is 2.44. The third-order valence-electron chi connectivity index (χ3n) is 6.80. The normalized spacial score (nSPS) is 25.1. The van der Waals surface area contributed by atoms with Crippen molar-refractivity contribution in [1.29, 1.82) is 0 Å². The number of fused-ring (bicyclic) bond motifs is 1. The van der Waals surface area contributed by atoms with E-state index in [0.717, 1.165) is 49.8 Å². The van der Waals surface area contributed by atoms with Gasteiger partial charge in [-0.3, -0.25) is 9.59 Å². The predicted molar refractivity (Wildman–Crippen MR) is 119 cm³/mol. The zero-order valence-corrected chi connectivity index (χ0v) is 18.1. The Morgan fingerprint density at radius 2 is 1.84 bits per heavy atom. The van der Waals surface area contributed by atoms with Gasteiger partial charge in [-0.05, 0) is 61.2 Å². The fourth-order valence-corrected chi connectivity index (χ4v) is 5.33. The number of nitrogens with zero attached hydrogens (tertiary/aromatic N) is 1. The molecule has 1 amide bonds. The predicted octanol–water partition coefficient (Wildman–Crippen LogP) is 4.47. The Kier molecular flexibility index (Phi) is 5.16. The number of carbonyl (C=O) groups excluding carboxylic acids is 2. The first-order valence-corrected chi connectivity index (χ1v) is 11.3. The van der Waals surface area contributed by atoms with Gasteiger partial charge in [0.2, 0.25) is 0 Å². The van der Waals surface area contributed by atoms with Gasteiger partial charge >= 0.3 is 0 Å². The molecular formula is C26H27NO5. The van der Waals surface area contributed by atoms with E-state index in [1.54, 1.807) is 41.3 Å². The van der Waals surface area contributed by atoms with E-state index in [1.807, 2.05) is 13.0 Å². The van der Waals surface area contributed by atoms with Crippen molar-refractivity contribution in [3.05, 3.63) is 64.7 Å². The maximum Gasteiger partial charge on any atom is 0.295 e. The molecule has 6 heteroatoms. The highest BCUT2D eigenvalue weighted by atomic mass is 16.5. The molecule has 1 saturated carbocycles. The van der Waals surface area contributed by atoms with Gasteiger partial charge in [-0.2, -0.15) is 0 Å². The topological polar surface area (TPSA) is 87.1 Å². The molecule has 166 valence electrons. The maximum atomic E-state index is 13.2. The molecule has 1 saturated heterocycles. The van der Waals surface area contributed by atoms with Crippen molar-refractivity contribution >= 4 is 17.4 Å². The number of phenols is 1. The first-order chi connectivity index (χ1) is 15.4. The molecular weight excluding hydrogens is 406 g/mol. The molecule has 3 aliphatic rings. The van der Waals surface area contributed by atoms with Crippen LogP contribution in [0, 0.1) is 0 Å². The third kappa shape index (κ3) is 3.44. The van der Waals surface area contributed by atoms with Gasteiger partial charge in [-0.25, -0.2) is 0 Å². The van der Waals surface area contributed by atoms with Crippen molar-refractivity contribution in [3.8, 4) is 11.5 Å². The molecule has 2 aromatic rings. The average molecular weight is 434 g/mol. The van der Waals surface area contributed by atoms with Gasteiger partial charge in [-0.15, -0.1) is 0 Å². The molecule has 2 N–H and O–H groups in total. The van der Waals surface area contributed by atoms with Crippen LogP contribution in [-0.2, 0) is 16.0 Å². The minimum absolute atomic E-state index is 0.0559. The number of likely N-dealkylation sites (tertiary alicyclic amines) is 1. The molecule has 6 nitrogen and oxygen atoms in total. The van der Waals surface area contributed by atoms with Gasteiger partial charge in [0.1, 0.15) is 23.4 Å². The smallest absolute Gasteiger partial charge is 0.295 e. The molecule has 2 fully saturated rings. The monoisotopic (exact) mass is 433 g/mol. The van der Waals surface area contributed by atoms with Crippen molar-refractivity contribution in [2.75, 3.05) is 0 Å². The summed E-state index contributed by atoms with van der Waals surface area (Å²) in [4.78, 5) is 28.1. The van der Waals surface area contributed by atoms with E-state index in [1.165, 1.54) is 0 Å². The van der Waals surface area contributed by atoms with Gasteiger partial charge in [-0.1, -0.05) is 31.4 Å². The number of aliphatic hydroxyl groups is 1. The fourth-order valence-electron chi connectivity index (χ4n) is 5.33. The van der Waals surface area contributed by atoms with Gasteiger partial charge in [0.05, 0.1) is 11.6 Å². The second-order valence-electron chi connectivity index (χ2n) is 9.05. The number of hydrogen-bond acceptors (Lipinski definition) is 5. The van der Waals surface area contributed by atoms with Crippen LogP contribution in [0.1, 0.15) is 61.8 Å². The SMILES string of the molecule is CC1Cc2cc(/C(O)=C3/C(=O)C(=O)N(C4CCCCC4)C3c3cccc(O)c3)ccc2O1. The van der Waals surface area contributed by atoms with E-state index in [2.05, 4.69) is 0 Å². The molecule has 0 bridgehead atoms. The minimum atomic E-state index is -0.728.